The quantitative estimate of drug-likeness (QED) is 0.844. The van der Waals surface area contributed by atoms with Gasteiger partial charge in [0, 0.05) is 19.5 Å². The number of rotatable bonds is 4. The van der Waals surface area contributed by atoms with Gasteiger partial charge in [0.05, 0.1) is 19.2 Å². The molecule has 2 saturated heterocycles. The molecule has 2 amide bonds. The maximum Gasteiger partial charge on any atom is 0.242 e. The molecule has 0 aromatic heterocycles. The Kier molecular flexibility index (Phi) is 4.75. The number of benzene rings is 1. The minimum Gasteiger partial charge on any atom is -0.366 e. The second-order valence-electron chi connectivity index (χ2n) is 7.48. The second kappa shape index (κ2) is 7.16. The maximum atomic E-state index is 12.9. The van der Waals surface area contributed by atoms with E-state index in [1.165, 1.54) is 12.8 Å². The second-order valence-corrected chi connectivity index (χ2v) is 7.48. The summed E-state index contributed by atoms with van der Waals surface area (Å²) in [5, 5.41) is 0. The van der Waals surface area contributed by atoms with Crippen molar-refractivity contribution in [2.24, 2.45) is 5.92 Å². The van der Waals surface area contributed by atoms with Crippen LogP contribution in [0.25, 0.3) is 0 Å². The first kappa shape index (κ1) is 16.6. The van der Waals surface area contributed by atoms with Crippen molar-refractivity contribution in [2.75, 3.05) is 26.2 Å². The minimum absolute atomic E-state index is 0.0603. The molecule has 5 heteroatoms. The van der Waals surface area contributed by atoms with Gasteiger partial charge in [-0.05, 0) is 37.2 Å². The van der Waals surface area contributed by atoms with E-state index in [9.17, 15) is 9.59 Å². The van der Waals surface area contributed by atoms with Crippen LogP contribution < -0.4 is 0 Å². The molecule has 134 valence electrons. The smallest absolute Gasteiger partial charge is 0.242 e. The molecule has 0 radical (unpaired) electrons. The zero-order chi connectivity index (χ0) is 17.2. The highest BCUT2D eigenvalue weighted by molar-refractivity contribution is 5.85. The molecule has 2 atom stereocenters. The van der Waals surface area contributed by atoms with Gasteiger partial charge in [0.15, 0.2) is 0 Å². The molecule has 25 heavy (non-hydrogen) atoms. The highest BCUT2D eigenvalue weighted by Crippen LogP contribution is 2.39. The summed E-state index contributed by atoms with van der Waals surface area (Å²) in [4.78, 5) is 28.5. The van der Waals surface area contributed by atoms with Crippen molar-refractivity contribution in [2.45, 2.75) is 44.3 Å². The Hall–Kier alpha value is -1.88. The summed E-state index contributed by atoms with van der Waals surface area (Å²) >= 11 is 0. The Labute approximate surface area is 148 Å². The van der Waals surface area contributed by atoms with Crippen LogP contribution in [-0.4, -0.2) is 53.9 Å². The predicted octanol–water partition coefficient (Wildman–Crippen LogP) is 2.38. The summed E-state index contributed by atoms with van der Waals surface area (Å²) in [7, 11) is 0. The summed E-state index contributed by atoms with van der Waals surface area (Å²) in [5.41, 5.74) is 1.12. The van der Waals surface area contributed by atoms with Crippen molar-refractivity contribution in [1.82, 2.24) is 9.80 Å². The van der Waals surface area contributed by atoms with E-state index < -0.39 is 0 Å². The third kappa shape index (κ3) is 3.87. The highest BCUT2D eigenvalue weighted by atomic mass is 16.5. The summed E-state index contributed by atoms with van der Waals surface area (Å²) < 4.78 is 6.31. The molecule has 1 saturated carbocycles. The van der Waals surface area contributed by atoms with E-state index in [1.807, 2.05) is 23.1 Å². The van der Waals surface area contributed by atoms with Crippen molar-refractivity contribution in [1.29, 1.82) is 0 Å². The average molecular weight is 342 g/mol. The normalized spacial score (nSPS) is 27.4. The first-order chi connectivity index (χ1) is 12.2. The molecule has 0 spiro atoms. The summed E-state index contributed by atoms with van der Waals surface area (Å²) in [6.45, 7) is 2.17. The monoisotopic (exact) mass is 342 g/mol. The maximum absolute atomic E-state index is 12.9. The number of hydrogen-bond donors (Lipinski definition) is 0. The lowest BCUT2D eigenvalue weighted by atomic mass is 10.0. The van der Waals surface area contributed by atoms with Gasteiger partial charge < -0.3 is 14.5 Å². The van der Waals surface area contributed by atoms with Crippen molar-refractivity contribution in [3.05, 3.63) is 35.9 Å². The third-order valence-corrected chi connectivity index (χ3v) is 5.54. The predicted molar refractivity (Wildman–Crippen MR) is 93.8 cm³/mol. The van der Waals surface area contributed by atoms with Crippen LogP contribution in [0.1, 0.15) is 43.8 Å². The molecule has 2 heterocycles. The molecule has 0 bridgehead atoms. The molecule has 1 aromatic carbocycles. The van der Waals surface area contributed by atoms with Gasteiger partial charge in [-0.1, -0.05) is 30.3 Å². The zero-order valence-electron chi connectivity index (χ0n) is 14.6. The summed E-state index contributed by atoms with van der Waals surface area (Å²) in [6.07, 6.45) is 4.97. The first-order valence-electron chi connectivity index (χ1n) is 9.46. The van der Waals surface area contributed by atoms with E-state index in [-0.39, 0.29) is 30.6 Å². The van der Waals surface area contributed by atoms with Gasteiger partial charge in [0.1, 0.15) is 6.10 Å². The van der Waals surface area contributed by atoms with Gasteiger partial charge in [0.2, 0.25) is 11.8 Å². The van der Waals surface area contributed by atoms with Crippen LogP contribution in [0.2, 0.25) is 0 Å². The Morgan fingerprint density at radius 2 is 1.92 bits per heavy atom. The summed E-state index contributed by atoms with van der Waals surface area (Å²) in [5.74, 6) is 0.759. The molecule has 1 aromatic rings. The SMILES string of the molecule is O=C1CCCCN1CC(=O)N1C[C@@H](c2ccccc2)O[C@@H](C2CC2)C1. The van der Waals surface area contributed by atoms with Crippen LogP contribution >= 0.6 is 0 Å². The largest absolute Gasteiger partial charge is 0.366 e. The molecule has 3 aliphatic rings. The molecule has 1 aliphatic carbocycles. The molecule has 5 nitrogen and oxygen atoms in total. The molecule has 4 rings (SSSR count). The number of likely N-dealkylation sites (tertiary alicyclic amines) is 1. The molecular weight excluding hydrogens is 316 g/mol. The molecule has 3 fully saturated rings. The standard InChI is InChI=1S/C20H26N2O3/c23-19-8-4-5-11-21(19)14-20(24)22-12-17(15-6-2-1-3-7-15)25-18(13-22)16-9-10-16/h1-3,6-7,16-18H,4-5,8-14H2/t17-,18+/m0/s1. The zero-order valence-corrected chi connectivity index (χ0v) is 14.6. The first-order valence-corrected chi connectivity index (χ1v) is 9.46. The minimum atomic E-state index is -0.0680. The van der Waals surface area contributed by atoms with Crippen molar-refractivity contribution in [3.8, 4) is 0 Å². The lowest BCUT2D eigenvalue weighted by molar-refractivity contribution is -0.152. The van der Waals surface area contributed by atoms with Crippen LogP contribution in [0.15, 0.2) is 30.3 Å². The topological polar surface area (TPSA) is 49.9 Å². The number of morpholine rings is 1. The van der Waals surface area contributed by atoms with Gasteiger partial charge in [0.25, 0.3) is 0 Å². The van der Waals surface area contributed by atoms with E-state index >= 15 is 0 Å². The third-order valence-electron chi connectivity index (χ3n) is 5.54. The van der Waals surface area contributed by atoms with E-state index in [2.05, 4.69) is 12.1 Å². The fourth-order valence-electron chi connectivity index (χ4n) is 3.86. The molecule has 0 N–H and O–H groups in total. The lowest BCUT2D eigenvalue weighted by Crippen LogP contribution is -2.51. The molecule has 0 unspecified atom stereocenters. The Bertz CT molecular complexity index is 629. The number of carbonyl (C=O) groups is 2. The molecule has 2 aliphatic heterocycles. The van der Waals surface area contributed by atoms with E-state index in [0.29, 0.717) is 32.0 Å². The highest BCUT2D eigenvalue weighted by Gasteiger charge is 2.40. The van der Waals surface area contributed by atoms with Crippen LogP contribution in [-0.2, 0) is 14.3 Å². The van der Waals surface area contributed by atoms with Gasteiger partial charge in [-0.2, -0.15) is 0 Å². The fraction of sp³-hybridized carbons (Fsp3) is 0.600. The fourth-order valence-corrected chi connectivity index (χ4v) is 3.86. The van der Waals surface area contributed by atoms with Gasteiger partial charge in [-0.15, -0.1) is 0 Å². The molecular formula is C20H26N2O3. The lowest BCUT2D eigenvalue weighted by Gasteiger charge is -2.39. The number of nitrogens with zero attached hydrogens (tertiary/aromatic N) is 2. The van der Waals surface area contributed by atoms with E-state index in [1.54, 1.807) is 4.90 Å². The van der Waals surface area contributed by atoms with Crippen molar-refractivity contribution >= 4 is 11.8 Å². The van der Waals surface area contributed by atoms with Crippen LogP contribution in [0.4, 0.5) is 0 Å². The number of carbonyl (C=O) groups excluding carboxylic acids is 2. The van der Waals surface area contributed by atoms with Gasteiger partial charge >= 0.3 is 0 Å². The van der Waals surface area contributed by atoms with Crippen LogP contribution in [0.5, 0.6) is 0 Å². The van der Waals surface area contributed by atoms with Crippen molar-refractivity contribution in [3.63, 3.8) is 0 Å². The van der Waals surface area contributed by atoms with Gasteiger partial charge in [-0.3, -0.25) is 9.59 Å². The number of piperidine rings is 1. The van der Waals surface area contributed by atoms with Gasteiger partial charge in [-0.25, -0.2) is 0 Å². The summed E-state index contributed by atoms with van der Waals surface area (Å²) in [6, 6.07) is 10.2. The number of hydrogen-bond acceptors (Lipinski definition) is 3. The van der Waals surface area contributed by atoms with E-state index in [0.717, 1.165) is 18.4 Å². The van der Waals surface area contributed by atoms with Crippen molar-refractivity contribution < 1.29 is 14.3 Å². The number of ether oxygens (including phenoxy) is 1. The Morgan fingerprint density at radius 1 is 1.12 bits per heavy atom. The average Bonchev–Trinajstić information content (AvgIpc) is 3.49. The van der Waals surface area contributed by atoms with Crippen LogP contribution in [0.3, 0.4) is 0 Å². The Balaban J connectivity index is 1.45. The van der Waals surface area contributed by atoms with E-state index in [4.69, 9.17) is 4.74 Å². The Morgan fingerprint density at radius 3 is 2.64 bits per heavy atom. The van der Waals surface area contributed by atoms with Crippen LogP contribution in [0, 0.1) is 5.92 Å². The number of amides is 2.